The standard InChI is InChI=1S/C22H18N6O.C21H15ClN8.C19H13ClFN5O.C19H15N5.C17H21N3O.BrH.2FH.3H3N.H2O/c1-14-7-8-17-18(9-14)28-16(11-25-26-28)10-19-21(24-13-27(17)19)22-23-12-20(29-22)15-5-3-2-4-6-15;22-15-6-7-18-19(8-15)30-16(10-24-26-30)9-20-21(23-13-29(18)20)17-12-28(27-25-17)11-14-4-2-1-3-5-14;20-12-5-6-16-18(7-12)26-13(9-23-24-26)8-17-15(22-11-25(16)17)10-27-19-4-2-1-3-14(19)21;1-3-14(2)7-6-8-16-19-11-15-12-21-22-24(15)18-10-5-4-9-17(18)23(19)13-20-16;1-6-8-12(3)15-10-21-17(19-15)16-14(5)20(11-18-16)13(4)9-7-2;;;;;;;/h2-9,11,13,20H,10,12H2,1H3;1-8,10,12-13H,9,11H2;1-7,9,11H,8,10H2;3-5,9-10,12-13H,1-2,7,11H2;6-9,11,15H,2-3,10H2,1,4-5H3;3*1H;3*1H3;1H2/b;;;;8-6-,13-9+;;;;;;;/t20-;;;;15-;;;;;;;/m0...0......./s1. The van der Waals surface area contributed by atoms with Gasteiger partial charge in [-0.25, -0.2) is 62.7 Å². The van der Waals surface area contributed by atoms with Crippen molar-refractivity contribution in [1.82, 2.24) is 141 Å². The highest BCUT2D eigenvalue weighted by atomic mass is 79.9. The number of hydrogen-bond acceptors (Lipinski definition) is 23. The van der Waals surface area contributed by atoms with E-state index in [0.717, 1.165) is 153 Å². The minimum atomic E-state index is -0.398. The minimum absolute atomic E-state index is 0. The van der Waals surface area contributed by atoms with E-state index in [2.05, 4.69) is 188 Å². The van der Waals surface area contributed by atoms with Crippen molar-refractivity contribution in [3.05, 3.63) is 401 Å². The second-order valence-electron chi connectivity index (χ2n) is 31.2. The molecule has 34 nitrogen and oxygen atoms in total. The van der Waals surface area contributed by atoms with Crippen molar-refractivity contribution in [3.8, 4) is 74.5 Å². The van der Waals surface area contributed by atoms with Gasteiger partial charge in [0.25, 0.3) is 0 Å². The molecule has 0 saturated carbocycles. The molecule has 0 unspecified atom stereocenters. The number of fused-ring (bicyclic) bond motifs is 20. The van der Waals surface area contributed by atoms with E-state index < -0.39 is 5.82 Å². The van der Waals surface area contributed by atoms with Crippen molar-refractivity contribution in [1.29, 1.82) is 0 Å². The Kier molecular flexibility index (Phi) is 32.3. The molecule has 23 rings (SSSR count). The fourth-order valence-electron chi connectivity index (χ4n) is 16.1. The van der Waals surface area contributed by atoms with Gasteiger partial charge in [0, 0.05) is 47.8 Å². The van der Waals surface area contributed by atoms with Crippen LogP contribution in [0.3, 0.4) is 0 Å². The maximum Gasteiger partial charge on any atom is 0.238 e. The Hall–Kier alpha value is -16.3. The van der Waals surface area contributed by atoms with E-state index in [1.54, 1.807) is 66.3 Å². The average molecular weight is 1970 g/mol. The van der Waals surface area contributed by atoms with E-state index in [4.69, 9.17) is 37.4 Å². The zero-order chi connectivity index (χ0) is 89.8. The van der Waals surface area contributed by atoms with Gasteiger partial charge in [-0.15, -0.1) is 42.5 Å². The maximum atomic E-state index is 13.8. The molecule has 0 spiro atoms. The molecule has 704 valence electrons. The largest absolute Gasteiger partial charge is 0.484 e. The Morgan fingerprint density at radius 2 is 1.09 bits per heavy atom. The number of benzene rings is 7. The van der Waals surface area contributed by atoms with Gasteiger partial charge < -0.3 is 47.3 Å². The van der Waals surface area contributed by atoms with Gasteiger partial charge in [-0.3, -0.25) is 23.1 Å². The lowest BCUT2D eigenvalue weighted by Crippen LogP contribution is -2.10. The molecule has 6 aliphatic heterocycles. The third-order valence-corrected chi connectivity index (χ3v) is 23.2. The maximum absolute atomic E-state index is 13.8. The minimum Gasteiger partial charge on any atom is -0.484 e. The van der Waals surface area contributed by atoms with Gasteiger partial charge in [0.2, 0.25) is 11.8 Å². The topological polar surface area (TPSA) is 432 Å². The number of hydrogen-bond donors (Lipinski definition) is 3. The number of aryl methyl sites for hydroxylation is 1. The molecule has 6 aliphatic rings. The first-order valence-electron chi connectivity index (χ1n) is 42.0. The van der Waals surface area contributed by atoms with Crippen molar-refractivity contribution in [2.75, 3.05) is 13.2 Å². The van der Waals surface area contributed by atoms with Crippen molar-refractivity contribution in [2.45, 2.75) is 85.1 Å². The molecule has 0 amide bonds. The zero-order valence-corrected chi connectivity index (χ0v) is 78.6. The molecular weight excluding hydrogens is 1870 g/mol. The summed E-state index contributed by atoms with van der Waals surface area (Å²) in [7, 11) is 0. The Labute approximate surface area is 810 Å². The van der Waals surface area contributed by atoms with Crippen LogP contribution in [0.15, 0.2) is 304 Å². The van der Waals surface area contributed by atoms with E-state index in [1.807, 2.05) is 195 Å². The van der Waals surface area contributed by atoms with Crippen LogP contribution in [0.5, 0.6) is 5.75 Å². The summed E-state index contributed by atoms with van der Waals surface area (Å²) in [4.78, 5) is 32.0. The van der Waals surface area contributed by atoms with Gasteiger partial charge in [-0.2, -0.15) is 0 Å². The van der Waals surface area contributed by atoms with Crippen LogP contribution in [0, 0.1) is 31.5 Å². The quantitative estimate of drug-likeness (QED) is 0.0634. The van der Waals surface area contributed by atoms with Gasteiger partial charge >= 0.3 is 0 Å². The van der Waals surface area contributed by atoms with Crippen LogP contribution in [-0.4, -0.2) is 159 Å². The predicted octanol–water partition coefficient (Wildman–Crippen LogP) is 17.1. The molecule has 2 atom stereocenters. The summed E-state index contributed by atoms with van der Waals surface area (Å²) in [6.45, 7) is 25.3. The molecule has 0 bridgehead atoms. The first-order valence-corrected chi connectivity index (χ1v) is 42.7. The van der Waals surface area contributed by atoms with Crippen LogP contribution >= 0.6 is 40.2 Å². The Morgan fingerprint density at radius 3 is 1.72 bits per heavy atom. The molecule has 0 aliphatic carbocycles. The highest BCUT2D eigenvalue weighted by Gasteiger charge is 2.33. The molecule has 17 aromatic rings. The van der Waals surface area contributed by atoms with E-state index >= 15 is 0 Å². The van der Waals surface area contributed by atoms with Gasteiger partial charge in [0.1, 0.15) is 79.1 Å². The van der Waals surface area contributed by atoms with E-state index in [-0.39, 0.29) is 74.8 Å². The van der Waals surface area contributed by atoms with Gasteiger partial charge in [0.05, 0.1) is 153 Å². The monoisotopic (exact) mass is 1960 g/mol. The van der Waals surface area contributed by atoms with Gasteiger partial charge in [-0.05, 0) is 140 Å². The molecule has 138 heavy (non-hydrogen) atoms. The summed E-state index contributed by atoms with van der Waals surface area (Å²) < 4.78 is 50.8. The fourth-order valence-corrected chi connectivity index (χ4v) is 16.5. The van der Waals surface area contributed by atoms with Crippen molar-refractivity contribution >= 4 is 57.7 Å². The molecule has 40 heteroatoms. The van der Waals surface area contributed by atoms with E-state index in [1.165, 1.54) is 17.2 Å². The number of aliphatic imine (C=N–C) groups is 2. The van der Waals surface area contributed by atoms with Crippen LogP contribution < -0.4 is 23.2 Å². The first kappa shape index (κ1) is 101. The molecule has 7 aromatic carbocycles. The second kappa shape index (κ2) is 44.3. The van der Waals surface area contributed by atoms with Gasteiger partial charge in [0.15, 0.2) is 11.6 Å². The molecule has 16 heterocycles. The van der Waals surface area contributed by atoms with E-state index in [0.29, 0.717) is 73.6 Å². The average Bonchev–Trinajstić information content (AvgIpc) is 1.62. The summed E-state index contributed by atoms with van der Waals surface area (Å²) >= 11 is 12.4. The zero-order valence-electron chi connectivity index (χ0n) is 75.4. The summed E-state index contributed by atoms with van der Waals surface area (Å²) in [6, 6.07) is 52.4. The van der Waals surface area contributed by atoms with Crippen molar-refractivity contribution in [3.63, 3.8) is 0 Å². The Balaban J connectivity index is 0.000000154. The number of aromatic nitrogens is 25. The summed E-state index contributed by atoms with van der Waals surface area (Å²) in [5.41, 5.74) is 27.4. The Bertz CT molecular complexity index is 7470. The predicted molar refractivity (Wildman–Crippen MR) is 529 cm³/mol. The third kappa shape index (κ3) is 20.4. The second-order valence-corrected chi connectivity index (χ2v) is 32.1. The number of halogens is 6. The van der Waals surface area contributed by atoms with E-state index in [9.17, 15) is 4.39 Å². The molecule has 11 N–H and O–H groups in total. The Morgan fingerprint density at radius 1 is 0.572 bits per heavy atom. The van der Waals surface area contributed by atoms with Crippen LogP contribution in [-0.2, 0) is 48.3 Å². The number of ether oxygens (including phenoxy) is 3. The van der Waals surface area contributed by atoms with Crippen molar-refractivity contribution in [2.24, 2.45) is 9.98 Å². The molecular formula is C98H96BrCl2F3N30O4. The number of allylic oxidation sites excluding steroid dienone is 6. The molecule has 0 saturated heterocycles. The lowest BCUT2D eigenvalue weighted by molar-refractivity contribution is 0.229. The summed E-state index contributed by atoms with van der Waals surface area (Å²) in [5.74, 6) is 7.27. The summed E-state index contributed by atoms with van der Waals surface area (Å²) in [5, 5.41) is 43.2. The van der Waals surface area contributed by atoms with Crippen molar-refractivity contribution < 1.29 is 33.5 Å². The number of rotatable bonds is 15. The lowest BCUT2D eigenvalue weighted by atomic mass is 10.1. The highest BCUT2D eigenvalue weighted by molar-refractivity contribution is 8.93. The highest BCUT2D eigenvalue weighted by Crippen LogP contribution is 2.38. The SMILES string of the molecule is Br.C=C/C=C(\C)n1cnc(C2=N[C@H](C(=C)/C=C\C)CO2)c1C.C=CC(=C)CC#Cc1ncn2c1Cc1cnnn1-c1ccccc1-2.Cc1ccc2c(c1)-n1nncc1Cc1c(C3=NC[C@@H](c4ccccc4)O3)ncn1-2.Clc1ccc2c(c1)-n1nncc1Cc1c(-c3cn(Cc4ccccc4)nn3)ncn1-2.F.F.Fc1ccccc1OCc1ncn2c1Cc1cnnn1-c1cc(Cl)ccc1-2.N.N.N.O. The lowest BCUT2D eigenvalue weighted by Gasteiger charge is -2.12. The smallest absolute Gasteiger partial charge is 0.238 e. The van der Waals surface area contributed by atoms with Crippen LogP contribution in [0.2, 0.25) is 10.0 Å². The molecule has 0 radical (unpaired) electrons. The number of nitrogens with zero attached hydrogens (tertiary/aromatic N) is 27. The van der Waals surface area contributed by atoms with Gasteiger partial charge in [-0.1, -0.05) is 197 Å². The molecule has 0 fully saturated rings. The normalized spacial score (nSPS) is 13.4. The number of imidazole rings is 5. The van der Waals surface area contributed by atoms with Crippen LogP contribution in [0.1, 0.15) is 117 Å². The molecule has 10 aromatic heterocycles. The third-order valence-electron chi connectivity index (χ3n) is 22.7. The van der Waals surface area contributed by atoms with Crippen LogP contribution in [0.25, 0.3) is 62.6 Å². The fraction of sp³-hybridized carbons (Fsp3) is 0.153. The van der Waals surface area contributed by atoms with Crippen LogP contribution in [0.4, 0.5) is 13.8 Å². The number of para-hydroxylation sites is 3. The summed E-state index contributed by atoms with van der Waals surface area (Å²) in [6.07, 6.45) is 30.4. The first-order chi connectivity index (χ1) is 64.1.